The molecule has 1 fully saturated rings. The smallest absolute Gasteiger partial charge is 0.271 e. The Morgan fingerprint density at radius 3 is 2.74 bits per heavy atom. The lowest BCUT2D eigenvalue weighted by atomic mass is 9.81. The molecule has 1 aliphatic carbocycles. The van der Waals surface area contributed by atoms with Crippen molar-refractivity contribution in [3.8, 4) is 0 Å². The molecule has 1 aromatic carbocycles. The Bertz CT molecular complexity index is 426. The molecular formula is C15H22N2O2. The Labute approximate surface area is 114 Å². The quantitative estimate of drug-likeness (QED) is 0.638. The van der Waals surface area contributed by atoms with Crippen molar-refractivity contribution in [2.75, 3.05) is 11.9 Å². The maximum atomic E-state index is 10.7. The minimum Gasteiger partial charge on any atom is -0.385 e. The van der Waals surface area contributed by atoms with Crippen LogP contribution in [-0.4, -0.2) is 11.5 Å². The predicted molar refractivity (Wildman–Crippen MR) is 77.3 cm³/mol. The molecule has 19 heavy (non-hydrogen) atoms. The van der Waals surface area contributed by atoms with Gasteiger partial charge in [-0.3, -0.25) is 10.1 Å². The molecule has 0 aromatic heterocycles. The molecule has 4 heteroatoms. The molecule has 0 atom stereocenters. The molecule has 0 bridgehead atoms. The molecule has 2 rings (SSSR count). The van der Waals surface area contributed by atoms with Crippen LogP contribution in [0.25, 0.3) is 0 Å². The van der Waals surface area contributed by atoms with E-state index < -0.39 is 0 Å². The van der Waals surface area contributed by atoms with Gasteiger partial charge in [-0.2, -0.15) is 0 Å². The third kappa shape index (κ3) is 4.23. The van der Waals surface area contributed by atoms with Gasteiger partial charge < -0.3 is 5.32 Å². The van der Waals surface area contributed by atoms with Crippen molar-refractivity contribution in [1.82, 2.24) is 0 Å². The van der Waals surface area contributed by atoms with Gasteiger partial charge in [0.2, 0.25) is 0 Å². The number of hydrogen-bond acceptors (Lipinski definition) is 3. The molecule has 1 N–H and O–H groups in total. The predicted octanol–water partition coefficient (Wildman–Crippen LogP) is 4.22. The lowest BCUT2D eigenvalue weighted by Gasteiger charge is -2.26. The van der Waals surface area contributed by atoms with Crippen LogP contribution in [0.1, 0.15) is 39.0 Å². The molecule has 0 saturated heterocycles. The fourth-order valence-electron chi connectivity index (χ4n) is 2.77. The Hall–Kier alpha value is -1.58. The van der Waals surface area contributed by atoms with Crippen molar-refractivity contribution in [2.24, 2.45) is 11.8 Å². The molecule has 0 amide bonds. The maximum absolute atomic E-state index is 10.7. The molecule has 0 radical (unpaired) electrons. The normalized spacial score (nSPS) is 23.0. The van der Waals surface area contributed by atoms with Gasteiger partial charge >= 0.3 is 0 Å². The molecule has 0 unspecified atom stereocenters. The van der Waals surface area contributed by atoms with Crippen molar-refractivity contribution in [2.45, 2.75) is 39.0 Å². The van der Waals surface area contributed by atoms with Crippen molar-refractivity contribution in [3.63, 3.8) is 0 Å². The van der Waals surface area contributed by atoms with E-state index >= 15 is 0 Å². The first kappa shape index (κ1) is 13.8. The lowest BCUT2D eigenvalue weighted by Crippen LogP contribution is -2.15. The Morgan fingerprint density at radius 2 is 2.05 bits per heavy atom. The lowest BCUT2D eigenvalue weighted by molar-refractivity contribution is -0.384. The van der Waals surface area contributed by atoms with E-state index in [1.54, 1.807) is 12.1 Å². The summed E-state index contributed by atoms with van der Waals surface area (Å²) in [5.74, 6) is 1.71. The van der Waals surface area contributed by atoms with Crippen LogP contribution in [-0.2, 0) is 0 Å². The summed E-state index contributed by atoms with van der Waals surface area (Å²) in [6.45, 7) is 3.23. The van der Waals surface area contributed by atoms with Gasteiger partial charge in [0.1, 0.15) is 0 Å². The minimum absolute atomic E-state index is 0.150. The number of benzene rings is 1. The van der Waals surface area contributed by atoms with E-state index in [4.69, 9.17) is 0 Å². The van der Waals surface area contributed by atoms with Crippen LogP contribution in [0.15, 0.2) is 24.3 Å². The molecule has 4 nitrogen and oxygen atoms in total. The van der Waals surface area contributed by atoms with E-state index in [9.17, 15) is 10.1 Å². The minimum atomic E-state index is -0.353. The summed E-state index contributed by atoms with van der Waals surface area (Å²) >= 11 is 0. The third-order valence-electron chi connectivity index (χ3n) is 4.07. The Kier molecular flexibility index (Phi) is 4.77. The summed E-state index contributed by atoms with van der Waals surface area (Å²) in [5, 5.41) is 14.0. The van der Waals surface area contributed by atoms with Crippen molar-refractivity contribution >= 4 is 11.4 Å². The van der Waals surface area contributed by atoms with Crippen molar-refractivity contribution in [3.05, 3.63) is 34.4 Å². The molecule has 0 aliphatic heterocycles. The van der Waals surface area contributed by atoms with E-state index in [1.807, 2.05) is 6.07 Å². The average Bonchev–Trinajstić information content (AvgIpc) is 2.41. The molecule has 1 aromatic rings. The van der Waals surface area contributed by atoms with Crippen LogP contribution in [0.4, 0.5) is 11.4 Å². The zero-order valence-corrected chi connectivity index (χ0v) is 11.5. The highest BCUT2D eigenvalue weighted by atomic mass is 16.6. The second-order valence-corrected chi connectivity index (χ2v) is 5.65. The maximum Gasteiger partial charge on any atom is 0.271 e. The van der Waals surface area contributed by atoms with Crippen molar-refractivity contribution < 1.29 is 4.92 Å². The largest absolute Gasteiger partial charge is 0.385 e. The third-order valence-corrected chi connectivity index (χ3v) is 4.07. The number of rotatable bonds is 5. The summed E-state index contributed by atoms with van der Waals surface area (Å²) in [4.78, 5) is 10.3. The van der Waals surface area contributed by atoms with Crippen LogP contribution in [0.3, 0.4) is 0 Å². The van der Waals surface area contributed by atoms with E-state index in [0.29, 0.717) is 0 Å². The highest BCUT2D eigenvalue weighted by Gasteiger charge is 2.17. The number of anilines is 1. The Balaban J connectivity index is 1.76. The first-order valence-corrected chi connectivity index (χ1v) is 7.13. The molecule has 1 aliphatic rings. The van der Waals surface area contributed by atoms with Gasteiger partial charge in [0.25, 0.3) is 5.69 Å². The fraction of sp³-hybridized carbons (Fsp3) is 0.600. The zero-order chi connectivity index (χ0) is 13.7. The van der Waals surface area contributed by atoms with Crippen LogP contribution >= 0.6 is 0 Å². The first-order valence-electron chi connectivity index (χ1n) is 7.13. The topological polar surface area (TPSA) is 55.2 Å². The van der Waals surface area contributed by atoms with E-state index in [-0.39, 0.29) is 10.6 Å². The Morgan fingerprint density at radius 1 is 1.32 bits per heavy atom. The van der Waals surface area contributed by atoms with Gasteiger partial charge in [-0.15, -0.1) is 0 Å². The number of non-ortho nitro benzene ring substituents is 1. The monoisotopic (exact) mass is 262 g/mol. The number of nitro groups is 1. The molecule has 0 heterocycles. The number of nitrogens with one attached hydrogen (secondary N) is 1. The molecule has 1 saturated carbocycles. The van der Waals surface area contributed by atoms with Crippen LogP contribution in [0.2, 0.25) is 0 Å². The van der Waals surface area contributed by atoms with Gasteiger partial charge in [0.15, 0.2) is 0 Å². The average molecular weight is 262 g/mol. The standard InChI is InChI=1S/C15H22N2O2/c1-12-5-7-13(8-6-12)9-10-16-14-3-2-4-15(11-14)17(18)19/h2-4,11-13,16H,5-10H2,1H3. The second-order valence-electron chi connectivity index (χ2n) is 5.65. The van der Waals surface area contributed by atoms with Crippen LogP contribution in [0.5, 0.6) is 0 Å². The van der Waals surface area contributed by atoms with Crippen LogP contribution < -0.4 is 5.32 Å². The summed E-state index contributed by atoms with van der Waals surface area (Å²) in [6, 6.07) is 6.73. The number of hydrogen-bond donors (Lipinski definition) is 1. The fourth-order valence-corrected chi connectivity index (χ4v) is 2.77. The van der Waals surface area contributed by atoms with E-state index in [1.165, 1.54) is 31.7 Å². The number of nitrogens with zero attached hydrogens (tertiary/aromatic N) is 1. The van der Waals surface area contributed by atoms with E-state index in [0.717, 1.165) is 30.5 Å². The SMILES string of the molecule is CC1CCC(CCNc2cccc([N+](=O)[O-])c2)CC1. The molecule has 104 valence electrons. The van der Waals surface area contributed by atoms with Crippen LogP contribution in [0, 0.1) is 22.0 Å². The van der Waals surface area contributed by atoms with Gasteiger partial charge in [0, 0.05) is 24.4 Å². The van der Waals surface area contributed by atoms with Gasteiger partial charge in [-0.05, 0) is 24.3 Å². The highest BCUT2D eigenvalue weighted by Crippen LogP contribution is 2.30. The summed E-state index contributed by atoms with van der Waals surface area (Å²) < 4.78 is 0. The summed E-state index contributed by atoms with van der Waals surface area (Å²) in [5.41, 5.74) is 0.995. The molecule has 0 spiro atoms. The van der Waals surface area contributed by atoms with Gasteiger partial charge in [0.05, 0.1) is 4.92 Å². The first-order chi connectivity index (χ1) is 9.15. The summed E-state index contributed by atoms with van der Waals surface area (Å²) in [7, 11) is 0. The number of nitro benzene ring substituents is 1. The van der Waals surface area contributed by atoms with Gasteiger partial charge in [-0.1, -0.05) is 38.7 Å². The zero-order valence-electron chi connectivity index (χ0n) is 11.5. The highest BCUT2D eigenvalue weighted by molar-refractivity contribution is 5.50. The van der Waals surface area contributed by atoms with E-state index in [2.05, 4.69) is 12.2 Å². The van der Waals surface area contributed by atoms with Crippen molar-refractivity contribution in [1.29, 1.82) is 0 Å². The summed E-state index contributed by atoms with van der Waals surface area (Å²) in [6.07, 6.45) is 6.52. The molecular weight excluding hydrogens is 240 g/mol. The second kappa shape index (κ2) is 6.55. The van der Waals surface area contributed by atoms with Gasteiger partial charge in [-0.25, -0.2) is 0 Å².